The SMILES string of the molecule is CCNC(=NCC(c1c(F)cccc1F)N(C)C)NCC1CCCO1.I. The second kappa shape index (κ2) is 11.7. The predicted octanol–water partition coefficient (Wildman–Crippen LogP) is 2.92. The van der Waals surface area contributed by atoms with E-state index in [1.165, 1.54) is 18.2 Å². The van der Waals surface area contributed by atoms with Crippen LogP contribution in [0.15, 0.2) is 23.2 Å². The molecular formula is C18H29F2IN4O. The lowest BCUT2D eigenvalue weighted by Crippen LogP contribution is -2.41. The Morgan fingerprint density at radius 3 is 2.54 bits per heavy atom. The van der Waals surface area contributed by atoms with Gasteiger partial charge in [-0.1, -0.05) is 6.07 Å². The maximum absolute atomic E-state index is 14.1. The molecule has 0 aliphatic carbocycles. The van der Waals surface area contributed by atoms with Crippen LogP contribution in [0.2, 0.25) is 0 Å². The quantitative estimate of drug-likeness (QED) is 0.357. The Labute approximate surface area is 171 Å². The summed E-state index contributed by atoms with van der Waals surface area (Å²) < 4.78 is 33.8. The summed E-state index contributed by atoms with van der Waals surface area (Å²) in [6.07, 6.45) is 2.31. The number of likely N-dealkylation sites (N-methyl/N-ethyl adjacent to an activating group) is 1. The summed E-state index contributed by atoms with van der Waals surface area (Å²) in [6, 6.07) is 3.44. The van der Waals surface area contributed by atoms with Crippen LogP contribution in [0.5, 0.6) is 0 Å². The van der Waals surface area contributed by atoms with Gasteiger partial charge in [-0.15, -0.1) is 24.0 Å². The van der Waals surface area contributed by atoms with Crippen molar-refractivity contribution in [1.82, 2.24) is 15.5 Å². The normalized spacial score (nSPS) is 18.5. The summed E-state index contributed by atoms with van der Waals surface area (Å²) in [7, 11) is 3.58. The number of nitrogens with one attached hydrogen (secondary N) is 2. The Morgan fingerprint density at radius 1 is 1.31 bits per heavy atom. The number of halogens is 3. The van der Waals surface area contributed by atoms with Gasteiger partial charge in [-0.05, 0) is 46.0 Å². The lowest BCUT2D eigenvalue weighted by molar-refractivity contribution is 0.114. The van der Waals surface area contributed by atoms with Crippen LogP contribution in [0, 0.1) is 11.6 Å². The number of aliphatic imine (C=N–C) groups is 1. The summed E-state index contributed by atoms with van der Waals surface area (Å²) in [4.78, 5) is 6.29. The second-order valence-corrected chi connectivity index (χ2v) is 6.35. The van der Waals surface area contributed by atoms with Gasteiger partial charge in [-0.3, -0.25) is 4.99 Å². The molecule has 0 bridgehead atoms. The third-order valence-electron chi connectivity index (χ3n) is 4.24. The molecule has 0 saturated carbocycles. The first-order valence-electron chi connectivity index (χ1n) is 8.77. The number of nitrogens with zero attached hydrogens (tertiary/aromatic N) is 2. The summed E-state index contributed by atoms with van der Waals surface area (Å²) in [5.74, 6) is -0.473. The predicted molar refractivity (Wildman–Crippen MR) is 111 cm³/mol. The van der Waals surface area contributed by atoms with Crippen molar-refractivity contribution in [2.75, 3.05) is 40.3 Å². The number of hydrogen-bond donors (Lipinski definition) is 2. The van der Waals surface area contributed by atoms with Gasteiger partial charge in [0, 0.05) is 25.3 Å². The molecule has 148 valence electrons. The van der Waals surface area contributed by atoms with Crippen LogP contribution in [0.4, 0.5) is 8.78 Å². The highest BCUT2D eigenvalue weighted by Gasteiger charge is 2.22. The van der Waals surface area contributed by atoms with E-state index in [4.69, 9.17) is 4.74 Å². The molecule has 2 N–H and O–H groups in total. The number of ether oxygens (including phenoxy) is 1. The van der Waals surface area contributed by atoms with E-state index in [0.717, 1.165) is 19.4 Å². The molecule has 0 spiro atoms. The van der Waals surface area contributed by atoms with Crippen molar-refractivity contribution in [3.8, 4) is 0 Å². The van der Waals surface area contributed by atoms with Crippen LogP contribution in [0.25, 0.3) is 0 Å². The molecule has 8 heteroatoms. The minimum atomic E-state index is -0.550. The molecule has 1 saturated heterocycles. The van der Waals surface area contributed by atoms with Crippen molar-refractivity contribution in [3.63, 3.8) is 0 Å². The topological polar surface area (TPSA) is 48.9 Å². The maximum atomic E-state index is 14.1. The van der Waals surface area contributed by atoms with E-state index in [1.807, 2.05) is 6.92 Å². The average molecular weight is 482 g/mol. The van der Waals surface area contributed by atoms with Gasteiger partial charge in [0.2, 0.25) is 0 Å². The van der Waals surface area contributed by atoms with Gasteiger partial charge < -0.3 is 20.3 Å². The van der Waals surface area contributed by atoms with E-state index in [1.54, 1.807) is 19.0 Å². The molecule has 0 amide bonds. The Balaban J connectivity index is 0.00000338. The zero-order valence-corrected chi connectivity index (χ0v) is 17.9. The van der Waals surface area contributed by atoms with Gasteiger partial charge in [-0.2, -0.15) is 0 Å². The molecule has 0 radical (unpaired) electrons. The van der Waals surface area contributed by atoms with Crippen LogP contribution >= 0.6 is 24.0 Å². The fourth-order valence-corrected chi connectivity index (χ4v) is 2.88. The molecule has 2 rings (SSSR count). The van der Waals surface area contributed by atoms with Crippen molar-refractivity contribution in [1.29, 1.82) is 0 Å². The Bertz CT molecular complexity index is 560. The average Bonchev–Trinajstić information content (AvgIpc) is 3.08. The van der Waals surface area contributed by atoms with E-state index in [9.17, 15) is 8.78 Å². The molecule has 1 aliphatic rings. The zero-order valence-electron chi connectivity index (χ0n) is 15.6. The first-order valence-corrected chi connectivity index (χ1v) is 8.77. The van der Waals surface area contributed by atoms with Crippen LogP contribution < -0.4 is 10.6 Å². The minimum Gasteiger partial charge on any atom is -0.376 e. The summed E-state index contributed by atoms with van der Waals surface area (Å²) in [6.45, 7) is 4.40. The van der Waals surface area contributed by atoms with E-state index >= 15 is 0 Å². The standard InChI is InChI=1S/C18H28F2N4O.HI/c1-4-21-18(22-11-13-7-6-10-25-13)23-12-16(24(2)3)17-14(19)8-5-9-15(17)20;/h5,8-9,13,16H,4,6-7,10-12H2,1-3H3,(H2,21,22,23);1H. The molecule has 1 heterocycles. The van der Waals surface area contributed by atoms with Crippen LogP contribution in [-0.4, -0.2) is 57.3 Å². The van der Waals surface area contributed by atoms with Gasteiger partial charge in [0.25, 0.3) is 0 Å². The lowest BCUT2D eigenvalue weighted by atomic mass is 10.0. The molecular weight excluding hydrogens is 453 g/mol. The van der Waals surface area contributed by atoms with Crippen molar-refractivity contribution >= 4 is 29.9 Å². The third kappa shape index (κ3) is 6.62. The van der Waals surface area contributed by atoms with Crippen LogP contribution in [-0.2, 0) is 4.74 Å². The van der Waals surface area contributed by atoms with E-state index in [2.05, 4.69) is 15.6 Å². The molecule has 5 nitrogen and oxygen atoms in total. The summed E-state index contributed by atoms with van der Waals surface area (Å²) in [5.41, 5.74) is 0.0474. The number of rotatable bonds is 7. The van der Waals surface area contributed by atoms with Crippen molar-refractivity contribution in [3.05, 3.63) is 35.4 Å². The largest absolute Gasteiger partial charge is 0.376 e. The van der Waals surface area contributed by atoms with Gasteiger partial charge in [0.05, 0.1) is 18.7 Å². The molecule has 1 aromatic carbocycles. The highest BCUT2D eigenvalue weighted by Crippen LogP contribution is 2.24. The maximum Gasteiger partial charge on any atom is 0.191 e. The first-order chi connectivity index (χ1) is 12.0. The molecule has 2 atom stereocenters. The second-order valence-electron chi connectivity index (χ2n) is 6.35. The number of benzene rings is 1. The number of guanidine groups is 1. The molecule has 1 aliphatic heterocycles. The van der Waals surface area contributed by atoms with Gasteiger partial charge in [0.1, 0.15) is 11.6 Å². The van der Waals surface area contributed by atoms with Crippen LogP contribution in [0.1, 0.15) is 31.4 Å². The highest BCUT2D eigenvalue weighted by molar-refractivity contribution is 14.0. The van der Waals surface area contributed by atoms with Crippen LogP contribution in [0.3, 0.4) is 0 Å². The van der Waals surface area contributed by atoms with E-state index in [0.29, 0.717) is 19.0 Å². The highest BCUT2D eigenvalue weighted by atomic mass is 127. The van der Waals surface area contributed by atoms with Crippen molar-refractivity contribution < 1.29 is 13.5 Å². The third-order valence-corrected chi connectivity index (χ3v) is 4.24. The molecule has 1 fully saturated rings. The first kappa shape index (κ1) is 23.0. The van der Waals surface area contributed by atoms with Crippen molar-refractivity contribution in [2.24, 2.45) is 4.99 Å². The lowest BCUT2D eigenvalue weighted by Gasteiger charge is -2.24. The Hall–Kier alpha value is -1.00. The smallest absolute Gasteiger partial charge is 0.191 e. The molecule has 0 aromatic heterocycles. The monoisotopic (exact) mass is 482 g/mol. The molecule has 26 heavy (non-hydrogen) atoms. The minimum absolute atomic E-state index is 0. The fraction of sp³-hybridized carbons (Fsp3) is 0.611. The fourth-order valence-electron chi connectivity index (χ4n) is 2.88. The summed E-state index contributed by atoms with van der Waals surface area (Å²) >= 11 is 0. The zero-order chi connectivity index (χ0) is 18.2. The molecule has 1 aromatic rings. The molecule has 2 unspecified atom stereocenters. The number of hydrogen-bond acceptors (Lipinski definition) is 3. The van der Waals surface area contributed by atoms with Crippen molar-refractivity contribution in [2.45, 2.75) is 31.9 Å². The van der Waals surface area contributed by atoms with E-state index in [-0.39, 0.29) is 42.2 Å². The van der Waals surface area contributed by atoms with Gasteiger partial charge in [0.15, 0.2) is 5.96 Å². The Morgan fingerprint density at radius 2 is 2.00 bits per heavy atom. The van der Waals surface area contributed by atoms with E-state index < -0.39 is 17.7 Å². The Kier molecular flexibility index (Phi) is 10.3. The summed E-state index contributed by atoms with van der Waals surface area (Å²) in [5, 5.41) is 6.40. The van der Waals surface area contributed by atoms with Gasteiger partial charge >= 0.3 is 0 Å². The van der Waals surface area contributed by atoms with Gasteiger partial charge in [-0.25, -0.2) is 8.78 Å².